The van der Waals surface area contributed by atoms with Crippen LogP contribution in [0.4, 0.5) is 5.69 Å². The number of aliphatic hydroxyl groups is 1. The molecule has 0 aromatic heterocycles. The third kappa shape index (κ3) is 4.84. The molecule has 0 fully saturated rings. The lowest BCUT2D eigenvalue weighted by Gasteiger charge is -2.27. The fourth-order valence-electron chi connectivity index (χ4n) is 2.30. The van der Waals surface area contributed by atoms with E-state index >= 15 is 0 Å². The number of benzene rings is 1. The highest BCUT2D eigenvalue weighted by Crippen LogP contribution is 2.28. The lowest BCUT2D eigenvalue weighted by Crippen LogP contribution is -2.28. The fraction of sp³-hybridized carbons (Fsp3) is 0.625. The number of aliphatic hydroxyl groups excluding tert-OH is 1. The predicted molar refractivity (Wildman–Crippen MR) is 82.8 cm³/mol. The van der Waals surface area contributed by atoms with Gasteiger partial charge in [0, 0.05) is 24.3 Å². The highest BCUT2D eigenvalue weighted by atomic mass is 16.3. The van der Waals surface area contributed by atoms with Gasteiger partial charge in [0.2, 0.25) is 0 Å². The maximum Gasteiger partial charge on any atom is 0.0807 e. The molecule has 1 N–H and O–H groups in total. The number of hydrogen-bond donors (Lipinski definition) is 1. The molecular formula is C16H28N2O. The Balaban J connectivity index is 2.79. The molecule has 0 amide bonds. The number of hydrogen-bond acceptors (Lipinski definition) is 3. The Morgan fingerprint density at radius 3 is 2.37 bits per heavy atom. The maximum absolute atomic E-state index is 10.1. The Labute approximate surface area is 117 Å². The van der Waals surface area contributed by atoms with Gasteiger partial charge in [0.25, 0.3) is 0 Å². The molecule has 0 unspecified atom stereocenters. The number of anilines is 1. The molecule has 1 aromatic carbocycles. The molecule has 19 heavy (non-hydrogen) atoms. The van der Waals surface area contributed by atoms with Crippen LogP contribution in [0.25, 0.3) is 0 Å². The summed E-state index contributed by atoms with van der Waals surface area (Å²) in [5.41, 5.74) is 2.23. The summed E-state index contributed by atoms with van der Waals surface area (Å²) >= 11 is 0. The summed E-state index contributed by atoms with van der Waals surface area (Å²) in [5.74, 6) is 0. The summed E-state index contributed by atoms with van der Waals surface area (Å²) in [6.45, 7) is 7.28. The van der Waals surface area contributed by atoms with E-state index in [4.69, 9.17) is 0 Å². The normalized spacial score (nSPS) is 12.7. The first-order valence-corrected chi connectivity index (χ1v) is 7.26. The predicted octanol–water partition coefficient (Wildman–Crippen LogP) is 2.91. The van der Waals surface area contributed by atoms with E-state index in [0.29, 0.717) is 0 Å². The summed E-state index contributed by atoms with van der Waals surface area (Å²) in [6.07, 6.45) is 1.53. The molecule has 0 spiro atoms. The highest BCUT2D eigenvalue weighted by Gasteiger charge is 2.14. The summed E-state index contributed by atoms with van der Waals surface area (Å²) in [4.78, 5) is 4.57. The van der Waals surface area contributed by atoms with Gasteiger partial charge in [-0.1, -0.05) is 25.1 Å². The van der Waals surface area contributed by atoms with Gasteiger partial charge in [-0.25, -0.2) is 0 Å². The Morgan fingerprint density at radius 1 is 1.11 bits per heavy atom. The number of rotatable bonds is 8. The van der Waals surface area contributed by atoms with Crippen molar-refractivity contribution in [3.05, 3.63) is 29.8 Å². The van der Waals surface area contributed by atoms with Crippen molar-refractivity contribution in [3.8, 4) is 0 Å². The molecule has 1 rings (SSSR count). The van der Waals surface area contributed by atoms with E-state index < -0.39 is 0 Å². The van der Waals surface area contributed by atoms with Crippen LogP contribution in [0.5, 0.6) is 0 Å². The molecule has 0 aliphatic heterocycles. The molecular weight excluding hydrogens is 236 g/mol. The van der Waals surface area contributed by atoms with Crippen molar-refractivity contribution < 1.29 is 5.11 Å². The molecule has 3 heteroatoms. The molecule has 0 aliphatic rings. The molecule has 0 bridgehead atoms. The van der Waals surface area contributed by atoms with E-state index in [-0.39, 0.29) is 6.10 Å². The third-order valence-corrected chi connectivity index (χ3v) is 3.44. The topological polar surface area (TPSA) is 26.7 Å². The zero-order valence-electron chi connectivity index (χ0n) is 12.8. The smallest absolute Gasteiger partial charge is 0.0807 e. The van der Waals surface area contributed by atoms with Gasteiger partial charge >= 0.3 is 0 Å². The van der Waals surface area contributed by atoms with Gasteiger partial charge < -0.3 is 14.9 Å². The quantitative estimate of drug-likeness (QED) is 0.782. The van der Waals surface area contributed by atoms with Gasteiger partial charge in [-0.15, -0.1) is 0 Å². The number of nitrogens with zero attached hydrogens (tertiary/aromatic N) is 2. The maximum atomic E-state index is 10.1. The SMILES string of the molecule is CC[C@@H](O)c1ccccc1N(CC)CCCN(C)C. The molecule has 1 atom stereocenters. The Kier molecular flexibility index (Phi) is 6.89. The molecule has 1 aromatic rings. The minimum absolute atomic E-state index is 0.362. The lowest BCUT2D eigenvalue weighted by atomic mass is 10.0. The van der Waals surface area contributed by atoms with Crippen LogP contribution in [-0.4, -0.2) is 43.7 Å². The minimum Gasteiger partial charge on any atom is -0.388 e. The molecule has 108 valence electrons. The summed E-state index contributed by atoms with van der Waals surface area (Å²) < 4.78 is 0. The van der Waals surface area contributed by atoms with Crippen LogP contribution in [0, 0.1) is 0 Å². The van der Waals surface area contributed by atoms with Gasteiger partial charge in [-0.2, -0.15) is 0 Å². The number of para-hydroxylation sites is 1. The van der Waals surface area contributed by atoms with E-state index in [1.54, 1.807) is 0 Å². The second kappa shape index (κ2) is 8.18. The Bertz CT molecular complexity index is 366. The van der Waals surface area contributed by atoms with Gasteiger partial charge in [-0.3, -0.25) is 0 Å². The molecule has 0 saturated heterocycles. The van der Waals surface area contributed by atoms with Crippen LogP contribution in [-0.2, 0) is 0 Å². The van der Waals surface area contributed by atoms with Crippen molar-refractivity contribution >= 4 is 5.69 Å². The van der Waals surface area contributed by atoms with Crippen molar-refractivity contribution in [3.63, 3.8) is 0 Å². The largest absolute Gasteiger partial charge is 0.388 e. The zero-order chi connectivity index (χ0) is 14.3. The van der Waals surface area contributed by atoms with Gasteiger partial charge in [0.15, 0.2) is 0 Å². The molecule has 3 nitrogen and oxygen atoms in total. The second-order valence-electron chi connectivity index (χ2n) is 5.22. The first-order chi connectivity index (χ1) is 9.10. The molecule has 0 aliphatic carbocycles. The summed E-state index contributed by atoms with van der Waals surface area (Å²) in [7, 11) is 4.20. The van der Waals surface area contributed by atoms with E-state index in [9.17, 15) is 5.11 Å². The van der Waals surface area contributed by atoms with Crippen molar-refractivity contribution in [2.75, 3.05) is 38.6 Å². The molecule has 0 saturated carbocycles. The van der Waals surface area contributed by atoms with E-state index in [1.165, 1.54) is 5.69 Å². The Morgan fingerprint density at radius 2 is 1.79 bits per heavy atom. The first kappa shape index (κ1) is 16.0. The zero-order valence-corrected chi connectivity index (χ0v) is 12.8. The minimum atomic E-state index is -0.362. The Hall–Kier alpha value is -1.06. The van der Waals surface area contributed by atoms with E-state index in [1.807, 2.05) is 19.1 Å². The van der Waals surface area contributed by atoms with Crippen molar-refractivity contribution in [1.82, 2.24) is 4.90 Å². The first-order valence-electron chi connectivity index (χ1n) is 7.26. The lowest BCUT2D eigenvalue weighted by molar-refractivity contribution is 0.174. The van der Waals surface area contributed by atoms with Crippen molar-refractivity contribution in [1.29, 1.82) is 0 Å². The standard InChI is InChI=1S/C16H28N2O/c1-5-16(19)14-10-7-8-11-15(14)18(6-2)13-9-12-17(3)4/h7-8,10-11,16,19H,5-6,9,12-13H2,1-4H3/t16-/m1/s1. The van der Waals surface area contributed by atoms with Gasteiger partial charge in [0.1, 0.15) is 0 Å². The van der Waals surface area contributed by atoms with Crippen LogP contribution in [0.15, 0.2) is 24.3 Å². The van der Waals surface area contributed by atoms with Crippen molar-refractivity contribution in [2.24, 2.45) is 0 Å². The molecule has 0 radical (unpaired) electrons. The summed E-state index contributed by atoms with van der Waals surface area (Å²) in [6, 6.07) is 8.21. The highest BCUT2D eigenvalue weighted by molar-refractivity contribution is 5.54. The third-order valence-electron chi connectivity index (χ3n) is 3.44. The van der Waals surface area contributed by atoms with Crippen LogP contribution >= 0.6 is 0 Å². The average Bonchev–Trinajstić information content (AvgIpc) is 2.42. The van der Waals surface area contributed by atoms with Crippen molar-refractivity contribution in [2.45, 2.75) is 32.8 Å². The van der Waals surface area contributed by atoms with E-state index in [2.05, 4.69) is 43.0 Å². The van der Waals surface area contributed by atoms with Gasteiger partial charge in [-0.05, 0) is 46.5 Å². The van der Waals surface area contributed by atoms with Gasteiger partial charge in [0.05, 0.1) is 6.10 Å². The van der Waals surface area contributed by atoms with Crippen LogP contribution in [0.1, 0.15) is 38.4 Å². The molecule has 0 heterocycles. The monoisotopic (exact) mass is 264 g/mol. The van der Waals surface area contributed by atoms with Crippen LogP contribution in [0.3, 0.4) is 0 Å². The fourth-order valence-corrected chi connectivity index (χ4v) is 2.30. The average molecular weight is 264 g/mol. The summed E-state index contributed by atoms with van der Waals surface area (Å²) in [5, 5.41) is 10.1. The van der Waals surface area contributed by atoms with Crippen LogP contribution in [0.2, 0.25) is 0 Å². The van der Waals surface area contributed by atoms with Crippen LogP contribution < -0.4 is 4.90 Å². The van der Waals surface area contributed by atoms with E-state index in [0.717, 1.165) is 38.0 Å². The second-order valence-corrected chi connectivity index (χ2v) is 5.22.